The Bertz CT molecular complexity index is 258. The second kappa shape index (κ2) is 16.2. The van der Waals surface area contributed by atoms with Crippen LogP contribution in [0.15, 0.2) is 0 Å². The van der Waals surface area contributed by atoms with E-state index >= 15 is 0 Å². The Kier molecular flexibility index (Phi) is 14.8. The van der Waals surface area contributed by atoms with Gasteiger partial charge in [0.25, 0.3) is 0 Å². The zero-order valence-electron chi connectivity index (χ0n) is 15.5. The van der Waals surface area contributed by atoms with Crippen molar-refractivity contribution in [3.8, 4) is 0 Å². The molecule has 0 bridgehead atoms. The van der Waals surface area contributed by atoms with Crippen LogP contribution in [0.3, 0.4) is 0 Å². The normalized spacial score (nSPS) is 19.5. The molecule has 0 N–H and O–H groups in total. The van der Waals surface area contributed by atoms with Gasteiger partial charge in [-0.05, 0) is 25.2 Å². The highest BCUT2D eigenvalue weighted by Gasteiger charge is 2.13. The summed E-state index contributed by atoms with van der Waals surface area (Å²) in [4.78, 5) is 0. The van der Waals surface area contributed by atoms with Crippen molar-refractivity contribution in [2.45, 2.75) is 45.8 Å². The number of hydrogen-bond donors (Lipinski definition) is 0. The average Bonchev–Trinajstić information content (AvgIpc) is 2.62. The topological polar surface area (TPSA) is 55.4 Å². The van der Waals surface area contributed by atoms with Gasteiger partial charge >= 0.3 is 0 Å². The molecule has 0 amide bonds. The first-order valence-electron chi connectivity index (χ1n) is 9.37. The fourth-order valence-electron chi connectivity index (χ4n) is 2.14. The molecular formula is C18H36O6. The molecule has 0 aromatic carbocycles. The molecule has 1 aliphatic heterocycles. The summed E-state index contributed by atoms with van der Waals surface area (Å²) in [5, 5.41) is 0. The Morgan fingerprint density at radius 3 is 1.96 bits per heavy atom. The van der Waals surface area contributed by atoms with Gasteiger partial charge in [0.2, 0.25) is 0 Å². The van der Waals surface area contributed by atoms with Gasteiger partial charge in [0.15, 0.2) is 6.29 Å². The van der Waals surface area contributed by atoms with Gasteiger partial charge in [-0.25, -0.2) is 0 Å². The van der Waals surface area contributed by atoms with Crippen molar-refractivity contribution in [3.63, 3.8) is 0 Å². The monoisotopic (exact) mass is 348 g/mol. The lowest BCUT2D eigenvalue weighted by Gasteiger charge is -2.22. The molecule has 1 heterocycles. The number of hydrogen-bond acceptors (Lipinski definition) is 6. The minimum absolute atomic E-state index is 0.0371. The van der Waals surface area contributed by atoms with Crippen LogP contribution in [0.4, 0.5) is 0 Å². The van der Waals surface area contributed by atoms with Crippen molar-refractivity contribution in [2.75, 3.05) is 66.1 Å². The van der Waals surface area contributed by atoms with E-state index in [1.165, 1.54) is 6.42 Å². The van der Waals surface area contributed by atoms with Crippen LogP contribution in [0.25, 0.3) is 0 Å². The zero-order valence-corrected chi connectivity index (χ0v) is 15.5. The molecule has 1 fully saturated rings. The summed E-state index contributed by atoms with van der Waals surface area (Å²) in [7, 11) is 0. The van der Waals surface area contributed by atoms with Crippen LogP contribution in [-0.4, -0.2) is 72.4 Å². The highest BCUT2D eigenvalue weighted by atomic mass is 16.7. The minimum Gasteiger partial charge on any atom is -0.379 e. The van der Waals surface area contributed by atoms with Gasteiger partial charge < -0.3 is 28.4 Å². The SMILES string of the molecule is CCC(C)COCCOCCOCCOCCOC1CCCCO1. The van der Waals surface area contributed by atoms with Crippen LogP contribution >= 0.6 is 0 Å². The molecule has 144 valence electrons. The third kappa shape index (κ3) is 13.1. The fourth-order valence-corrected chi connectivity index (χ4v) is 2.14. The van der Waals surface area contributed by atoms with Crippen LogP contribution in [0.1, 0.15) is 39.5 Å². The van der Waals surface area contributed by atoms with E-state index in [0.29, 0.717) is 58.8 Å². The smallest absolute Gasteiger partial charge is 0.157 e. The molecule has 6 nitrogen and oxygen atoms in total. The van der Waals surface area contributed by atoms with Gasteiger partial charge in [0.05, 0.1) is 52.9 Å². The largest absolute Gasteiger partial charge is 0.379 e. The molecule has 24 heavy (non-hydrogen) atoms. The Hall–Kier alpha value is -0.240. The van der Waals surface area contributed by atoms with Gasteiger partial charge in [-0.15, -0.1) is 0 Å². The Morgan fingerprint density at radius 1 is 0.833 bits per heavy atom. The average molecular weight is 348 g/mol. The van der Waals surface area contributed by atoms with Crippen LogP contribution < -0.4 is 0 Å². The summed E-state index contributed by atoms with van der Waals surface area (Å²) in [6.45, 7) is 10.7. The maximum atomic E-state index is 5.58. The molecule has 2 atom stereocenters. The van der Waals surface area contributed by atoms with E-state index in [-0.39, 0.29) is 6.29 Å². The van der Waals surface area contributed by atoms with Gasteiger partial charge in [0, 0.05) is 13.2 Å². The minimum atomic E-state index is -0.0371. The Labute approximate surface area is 147 Å². The molecule has 0 spiro atoms. The lowest BCUT2D eigenvalue weighted by atomic mass is 10.1. The van der Waals surface area contributed by atoms with E-state index in [1.807, 2.05) is 0 Å². The van der Waals surface area contributed by atoms with Crippen molar-refractivity contribution in [2.24, 2.45) is 5.92 Å². The van der Waals surface area contributed by atoms with Crippen LogP contribution in [0, 0.1) is 5.92 Å². The van der Waals surface area contributed by atoms with Crippen LogP contribution in [0.5, 0.6) is 0 Å². The molecule has 6 heteroatoms. The van der Waals surface area contributed by atoms with E-state index in [4.69, 9.17) is 28.4 Å². The molecule has 2 unspecified atom stereocenters. The second-order valence-electron chi connectivity index (χ2n) is 6.09. The van der Waals surface area contributed by atoms with Crippen molar-refractivity contribution in [1.29, 1.82) is 0 Å². The second-order valence-corrected chi connectivity index (χ2v) is 6.09. The quantitative estimate of drug-likeness (QED) is 0.400. The predicted octanol–water partition coefficient (Wildman–Crippen LogP) is 2.64. The summed E-state index contributed by atoms with van der Waals surface area (Å²) >= 11 is 0. The predicted molar refractivity (Wildman–Crippen MR) is 92.3 cm³/mol. The highest BCUT2D eigenvalue weighted by molar-refractivity contribution is 4.53. The molecule has 0 saturated carbocycles. The third-order valence-corrected chi connectivity index (χ3v) is 3.88. The van der Waals surface area contributed by atoms with Gasteiger partial charge in [0.1, 0.15) is 0 Å². The summed E-state index contributed by atoms with van der Waals surface area (Å²) in [5.74, 6) is 0.619. The first-order chi connectivity index (χ1) is 11.8. The lowest BCUT2D eigenvalue weighted by molar-refractivity contribution is -0.169. The van der Waals surface area contributed by atoms with E-state index in [2.05, 4.69) is 13.8 Å². The molecule has 0 aliphatic carbocycles. The summed E-state index contributed by atoms with van der Waals surface area (Å²) < 4.78 is 32.9. The summed E-state index contributed by atoms with van der Waals surface area (Å²) in [5.41, 5.74) is 0. The first kappa shape index (κ1) is 21.8. The molecule has 1 aliphatic rings. The molecule has 0 aromatic heterocycles. The maximum absolute atomic E-state index is 5.58. The zero-order chi connectivity index (χ0) is 17.3. The fraction of sp³-hybridized carbons (Fsp3) is 1.00. The Balaban J connectivity index is 1.69. The summed E-state index contributed by atoms with van der Waals surface area (Å²) in [6.07, 6.45) is 4.43. The summed E-state index contributed by atoms with van der Waals surface area (Å²) in [6, 6.07) is 0. The van der Waals surface area contributed by atoms with Crippen molar-refractivity contribution in [1.82, 2.24) is 0 Å². The lowest BCUT2D eigenvalue weighted by Crippen LogP contribution is -2.24. The van der Waals surface area contributed by atoms with Crippen LogP contribution in [0.2, 0.25) is 0 Å². The van der Waals surface area contributed by atoms with Crippen LogP contribution in [-0.2, 0) is 28.4 Å². The molecule has 1 saturated heterocycles. The highest BCUT2D eigenvalue weighted by Crippen LogP contribution is 2.13. The molecule has 0 aromatic rings. The van der Waals surface area contributed by atoms with Gasteiger partial charge in [-0.1, -0.05) is 20.3 Å². The first-order valence-corrected chi connectivity index (χ1v) is 9.37. The Morgan fingerprint density at radius 2 is 1.42 bits per heavy atom. The van der Waals surface area contributed by atoms with Gasteiger partial charge in [-0.3, -0.25) is 0 Å². The number of ether oxygens (including phenoxy) is 6. The van der Waals surface area contributed by atoms with Crippen molar-refractivity contribution < 1.29 is 28.4 Å². The maximum Gasteiger partial charge on any atom is 0.157 e. The molecular weight excluding hydrogens is 312 g/mol. The van der Waals surface area contributed by atoms with Gasteiger partial charge in [-0.2, -0.15) is 0 Å². The van der Waals surface area contributed by atoms with Crippen molar-refractivity contribution >= 4 is 0 Å². The molecule has 0 radical (unpaired) electrons. The standard InChI is InChI=1S/C18H36O6/c1-3-17(2)16-22-13-12-20-9-8-19-10-11-21-14-15-24-18-6-4-5-7-23-18/h17-18H,3-16H2,1-2H3. The van der Waals surface area contributed by atoms with E-state index in [0.717, 1.165) is 32.5 Å². The van der Waals surface area contributed by atoms with E-state index < -0.39 is 0 Å². The van der Waals surface area contributed by atoms with E-state index in [1.54, 1.807) is 0 Å². The third-order valence-electron chi connectivity index (χ3n) is 3.88. The molecule has 1 rings (SSSR count). The number of rotatable bonds is 16. The van der Waals surface area contributed by atoms with Crippen molar-refractivity contribution in [3.05, 3.63) is 0 Å². The van der Waals surface area contributed by atoms with E-state index in [9.17, 15) is 0 Å².